The molecule has 0 aliphatic carbocycles. The smallest absolute Gasteiger partial charge is 0.444 e. The Bertz CT molecular complexity index is 625. The van der Waals surface area contributed by atoms with E-state index in [1.54, 1.807) is 27.8 Å². The molecule has 0 atom stereocenters. The third-order valence-electron chi connectivity index (χ3n) is 2.78. The van der Waals surface area contributed by atoms with Crippen molar-refractivity contribution >= 4 is 17.7 Å². The number of guanidine groups is 1. The summed E-state index contributed by atoms with van der Waals surface area (Å²) in [5, 5.41) is 2.73. The van der Waals surface area contributed by atoms with Crippen molar-refractivity contribution in [2.45, 2.75) is 32.7 Å². The molecule has 10 heteroatoms. The summed E-state index contributed by atoms with van der Waals surface area (Å²) < 4.78 is 45.2. The van der Waals surface area contributed by atoms with Gasteiger partial charge in [0, 0.05) is 19.3 Å². The van der Waals surface area contributed by atoms with E-state index in [2.05, 4.69) is 15.0 Å². The normalized spacial score (nSPS) is 12.5. The van der Waals surface area contributed by atoms with Crippen LogP contribution in [0.2, 0.25) is 0 Å². The largest absolute Gasteiger partial charge is 0.573 e. The van der Waals surface area contributed by atoms with E-state index in [1.807, 2.05) is 0 Å². The highest BCUT2D eigenvalue weighted by Crippen LogP contribution is 2.23. The molecule has 0 aliphatic heterocycles. The van der Waals surface area contributed by atoms with E-state index >= 15 is 0 Å². The van der Waals surface area contributed by atoms with Crippen LogP contribution < -0.4 is 15.8 Å². The summed E-state index contributed by atoms with van der Waals surface area (Å²) in [7, 11) is 1.58. The number of benzene rings is 1. The number of likely N-dealkylation sites (N-methyl/N-ethyl adjacent to an activating group) is 1. The molecule has 0 saturated carbocycles. The summed E-state index contributed by atoms with van der Waals surface area (Å²) in [6.45, 7) is 5.82. The molecule has 1 amide bonds. The van der Waals surface area contributed by atoms with Gasteiger partial charge in [-0.3, -0.25) is 4.99 Å². The van der Waals surface area contributed by atoms with Crippen molar-refractivity contribution in [2.75, 3.05) is 25.5 Å². The topological polar surface area (TPSA) is 89.2 Å². The molecular weight excluding hydrogens is 353 g/mol. The lowest BCUT2D eigenvalue weighted by Crippen LogP contribution is -2.36. The Morgan fingerprint density at radius 3 is 2.31 bits per heavy atom. The first-order valence-electron chi connectivity index (χ1n) is 7.72. The van der Waals surface area contributed by atoms with Gasteiger partial charge in [-0.1, -0.05) is 0 Å². The maximum atomic E-state index is 12.1. The zero-order chi connectivity index (χ0) is 20.0. The van der Waals surface area contributed by atoms with Gasteiger partial charge in [0.25, 0.3) is 0 Å². The van der Waals surface area contributed by atoms with E-state index in [9.17, 15) is 18.0 Å². The van der Waals surface area contributed by atoms with Crippen LogP contribution in [0.4, 0.5) is 23.7 Å². The monoisotopic (exact) mass is 376 g/mol. The van der Waals surface area contributed by atoms with E-state index in [-0.39, 0.29) is 24.8 Å². The lowest BCUT2D eigenvalue weighted by molar-refractivity contribution is -0.274. The van der Waals surface area contributed by atoms with Crippen LogP contribution in [0.1, 0.15) is 20.8 Å². The number of anilines is 1. The molecule has 0 bridgehead atoms. The van der Waals surface area contributed by atoms with Crippen LogP contribution in [0.5, 0.6) is 5.75 Å². The Hall–Kier alpha value is -2.65. The predicted molar refractivity (Wildman–Crippen MR) is 92.1 cm³/mol. The van der Waals surface area contributed by atoms with Gasteiger partial charge in [0.1, 0.15) is 11.4 Å². The molecule has 0 saturated heterocycles. The summed E-state index contributed by atoms with van der Waals surface area (Å²) >= 11 is 0. The van der Waals surface area contributed by atoms with E-state index in [0.29, 0.717) is 5.69 Å². The van der Waals surface area contributed by atoms with Crippen molar-refractivity contribution in [3.63, 3.8) is 0 Å². The molecular formula is C16H23F3N4O3. The minimum absolute atomic E-state index is 0.0621. The quantitative estimate of drug-likeness (QED) is 0.609. The average Bonchev–Trinajstić information content (AvgIpc) is 2.46. The van der Waals surface area contributed by atoms with Gasteiger partial charge < -0.3 is 25.4 Å². The number of halogens is 3. The molecule has 26 heavy (non-hydrogen) atoms. The fourth-order valence-electron chi connectivity index (χ4n) is 1.68. The maximum Gasteiger partial charge on any atom is 0.573 e. The van der Waals surface area contributed by atoms with Gasteiger partial charge >= 0.3 is 12.5 Å². The number of carbonyl (C=O) groups excluding carboxylic acids is 1. The van der Waals surface area contributed by atoms with Crippen LogP contribution in [0.15, 0.2) is 29.3 Å². The molecule has 0 aromatic heterocycles. The number of alkyl halides is 3. The molecule has 0 heterocycles. The van der Waals surface area contributed by atoms with Gasteiger partial charge in [-0.15, -0.1) is 13.2 Å². The Labute approximate surface area is 150 Å². The van der Waals surface area contributed by atoms with Crippen molar-refractivity contribution in [2.24, 2.45) is 10.7 Å². The van der Waals surface area contributed by atoms with Crippen LogP contribution in [0.3, 0.4) is 0 Å². The Morgan fingerprint density at radius 2 is 1.81 bits per heavy atom. The average molecular weight is 376 g/mol. The van der Waals surface area contributed by atoms with E-state index < -0.39 is 18.1 Å². The first-order chi connectivity index (χ1) is 11.9. The van der Waals surface area contributed by atoms with Gasteiger partial charge in [0.2, 0.25) is 0 Å². The second kappa shape index (κ2) is 8.63. The number of nitrogens with two attached hydrogens (primary N) is 1. The van der Waals surface area contributed by atoms with Gasteiger partial charge in [0.05, 0.1) is 6.54 Å². The number of nitrogens with zero attached hydrogens (tertiary/aromatic N) is 2. The van der Waals surface area contributed by atoms with E-state index in [1.165, 1.54) is 17.0 Å². The molecule has 1 aromatic carbocycles. The van der Waals surface area contributed by atoms with E-state index in [0.717, 1.165) is 12.1 Å². The van der Waals surface area contributed by atoms with Crippen molar-refractivity contribution < 1.29 is 27.4 Å². The number of hydrogen-bond acceptors (Lipinski definition) is 4. The Kier molecular flexibility index (Phi) is 7.10. The van der Waals surface area contributed by atoms with Crippen LogP contribution >= 0.6 is 0 Å². The third-order valence-corrected chi connectivity index (χ3v) is 2.78. The molecule has 146 valence electrons. The van der Waals surface area contributed by atoms with Gasteiger partial charge in [-0.2, -0.15) is 0 Å². The second-order valence-electron chi connectivity index (χ2n) is 6.37. The van der Waals surface area contributed by atoms with Crippen LogP contribution in [-0.4, -0.2) is 49.1 Å². The molecule has 0 fully saturated rings. The Balaban J connectivity index is 2.47. The highest BCUT2D eigenvalue weighted by atomic mass is 19.4. The molecule has 1 rings (SSSR count). The maximum absolute atomic E-state index is 12.1. The second-order valence-corrected chi connectivity index (χ2v) is 6.37. The zero-order valence-corrected chi connectivity index (χ0v) is 15.1. The summed E-state index contributed by atoms with van der Waals surface area (Å²) in [4.78, 5) is 17.2. The van der Waals surface area contributed by atoms with Crippen LogP contribution in [0.25, 0.3) is 0 Å². The SMILES string of the molecule is CN(CCN=C(N)Nc1ccc(OC(F)(F)F)cc1)C(=O)OC(C)(C)C. The lowest BCUT2D eigenvalue weighted by atomic mass is 10.2. The molecule has 0 spiro atoms. The minimum Gasteiger partial charge on any atom is -0.444 e. The van der Waals surface area contributed by atoms with Crippen molar-refractivity contribution in [1.29, 1.82) is 0 Å². The van der Waals surface area contributed by atoms with Crippen LogP contribution in [-0.2, 0) is 4.74 Å². The standard InChI is InChI=1S/C16H23F3N4O3/c1-15(2,3)26-14(24)23(4)10-9-21-13(20)22-11-5-7-12(8-6-11)25-16(17,18)19/h5-8H,9-10H2,1-4H3,(H3,20,21,22). The number of aliphatic imine (C=N–C) groups is 1. The number of carbonyl (C=O) groups is 1. The Morgan fingerprint density at radius 1 is 1.23 bits per heavy atom. The van der Waals surface area contributed by atoms with Crippen LogP contribution in [0, 0.1) is 0 Å². The van der Waals surface area contributed by atoms with E-state index in [4.69, 9.17) is 10.5 Å². The molecule has 0 unspecified atom stereocenters. The van der Waals surface area contributed by atoms with Gasteiger partial charge in [0.15, 0.2) is 5.96 Å². The number of hydrogen-bond donors (Lipinski definition) is 2. The summed E-state index contributed by atoms with van der Waals surface area (Å²) in [6.07, 6.45) is -5.21. The first-order valence-corrected chi connectivity index (χ1v) is 7.72. The minimum atomic E-state index is -4.74. The fourth-order valence-corrected chi connectivity index (χ4v) is 1.68. The predicted octanol–water partition coefficient (Wildman–Crippen LogP) is 3.18. The number of nitrogens with one attached hydrogen (secondary N) is 1. The number of rotatable bonds is 5. The van der Waals surface area contributed by atoms with Crippen molar-refractivity contribution in [3.05, 3.63) is 24.3 Å². The van der Waals surface area contributed by atoms with Crippen molar-refractivity contribution in [3.8, 4) is 5.75 Å². The summed E-state index contributed by atoms with van der Waals surface area (Å²) in [5.74, 6) is -0.273. The molecule has 0 aliphatic rings. The summed E-state index contributed by atoms with van der Waals surface area (Å²) in [6, 6.07) is 5.05. The highest BCUT2D eigenvalue weighted by Gasteiger charge is 2.30. The fraction of sp³-hybridized carbons (Fsp3) is 0.500. The summed E-state index contributed by atoms with van der Waals surface area (Å²) in [5.41, 5.74) is 5.56. The molecule has 7 nitrogen and oxygen atoms in total. The van der Waals surface area contributed by atoms with Crippen molar-refractivity contribution in [1.82, 2.24) is 4.90 Å². The lowest BCUT2D eigenvalue weighted by Gasteiger charge is -2.24. The highest BCUT2D eigenvalue weighted by molar-refractivity contribution is 5.92. The molecule has 3 N–H and O–H groups in total. The van der Waals surface area contributed by atoms with Gasteiger partial charge in [-0.05, 0) is 45.0 Å². The van der Waals surface area contributed by atoms with Gasteiger partial charge in [-0.25, -0.2) is 4.79 Å². The molecule has 0 radical (unpaired) electrons. The number of amides is 1. The molecule has 1 aromatic rings. The zero-order valence-electron chi connectivity index (χ0n) is 15.1. The first kappa shape index (κ1) is 21.4. The number of ether oxygens (including phenoxy) is 2. The third kappa shape index (κ3) is 9.00.